The normalized spacial score (nSPS) is 13.7. The van der Waals surface area contributed by atoms with Gasteiger partial charge in [0.25, 0.3) is 5.91 Å². The summed E-state index contributed by atoms with van der Waals surface area (Å²) in [5.41, 5.74) is 4.88. The van der Waals surface area contributed by atoms with Crippen molar-refractivity contribution in [2.24, 2.45) is 10.8 Å². The number of carbonyl (C=O) groups is 4. The van der Waals surface area contributed by atoms with E-state index in [4.69, 9.17) is 9.47 Å². The van der Waals surface area contributed by atoms with Crippen LogP contribution in [0.15, 0.2) is 79.0 Å². The molecule has 0 bridgehead atoms. The number of amides is 4. The number of carbonyl (C=O) groups excluding carboxylic acids is 4. The van der Waals surface area contributed by atoms with Crippen LogP contribution in [0, 0.1) is 10.8 Å². The van der Waals surface area contributed by atoms with Crippen LogP contribution in [0.5, 0.6) is 0 Å². The maximum Gasteiger partial charge on any atom is 2.00 e. The second-order valence-corrected chi connectivity index (χ2v) is 14.5. The minimum Gasteiger partial charge on any atom is -1.00 e. The average molecular weight is 747 g/mol. The van der Waals surface area contributed by atoms with Crippen molar-refractivity contribution < 1.29 is 36.6 Å². The summed E-state index contributed by atoms with van der Waals surface area (Å²) in [5, 5.41) is 21.6. The van der Waals surface area contributed by atoms with Crippen molar-refractivity contribution in [3.63, 3.8) is 0 Å². The quantitative estimate of drug-likeness (QED) is 0.121. The Kier molecular flexibility index (Phi) is 17.5. The molecule has 3 rings (SSSR count). The van der Waals surface area contributed by atoms with Gasteiger partial charge in [-0.15, -0.1) is 0 Å². The van der Waals surface area contributed by atoms with Gasteiger partial charge in [-0.2, -0.15) is 0 Å². The SMILES string of the molecule is COC(=O)N[C@H](C(=O)N[C@@H](Cc1ccccc1)[C@H](O)CN(Cc1ccc(-c2ccccn2)cc1)NC(=O)[C@H](NC(=O)OC)C(C)(C)C)C(C)(C)C.[Ca+2].[H-].[H-]. The fourth-order valence-electron chi connectivity index (χ4n) is 5.38. The molecule has 52 heavy (non-hydrogen) atoms. The van der Waals surface area contributed by atoms with Gasteiger partial charge in [0.2, 0.25) is 5.91 Å². The first-order valence-electron chi connectivity index (χ1n) is 16.8. The topological polar surface area (TPSA) is 171 Å². The van der Waals surface area contributed by atoms with E-state index in [9.17, 15) is 24.3 Å². The van der Waals surface area contributed by atoms with Crippen LogP contribution in [-0.2, 0) is 32.0 Å². The van der Waals surface area contributed by atoms with E-state index in [-0.39, 0.29) is 60.1 Å². The van der Waals surface area contributed by atoms with Crippen LogP contribution in [0.1, 0.15) is 55.5 Å². The van der Waals surface area contributed by atoms with Gasteiger partial charge >= 0.3 is 49.9 Å². The number of hydrogen-bond donors (Lipinski definition) is 5. The molecule has 1 aromatic heterocycles. The molecule has 0 aliphatic carbocycles. The first kappa shape index (κ1) is 44.4. The summed E-state index contributed by atoms with van der Waals surface area (Å²) in [4.78, 5) is 56.3. The second kappa shape index (κ2) is 20.5. The number of nitrogens with one attached hydrogen (secondary N) is 4. The van der Waals surface area contributed by atoms with Crippen molar-refractivity contribution in [3.05, 3.63) is 90.1 Å². The zero-order valence-corrected chi connectivity index (χ0v) is 33.6. The molecule has 0 spiro atoms. The Morgan fingerprint density at radius 1 is 0.750 bits per heavy atom. The Labute approximate surface area is 339 Å². The molecule has 0 saturated carbocycles. The first-order valence-corrected chi connectivity index (χ1v) is 16.8. The summed E-state index contributed by atoms with van der Waals surface area (Å²) in [5.74, 6) is -1.03. The molecule has 13 nitrogen and oxygen atoms in total. The van der Waals surface area contributed by atoms with Gasteiger partial charge in [0.15, 0.2) is 0 Å². The molecule has 3 aromatic rings. The van der Waals surface area contributed by atoms with Crippen LogP contribution in [0.3, 0.4) is 0 Å². The number of aliphatic hydroxyl groups is 1. The summed E-state index contributed by atoms with van der Waals surface area (Å²) < 4.78 is 9.54. The van der Waals surface area contributed by atoms with Gasteiger partial charge in [-0.3, -0.25) is 20.0 Å². The number of rotatable bonds is 14. The number of alkyl carbamates (subject to hydrolysis) is 2. The monoisotopic (exact) mass is 746 g/mol. The predicted molar refractivity (Wildman–Crippen MR) is 202 cm³/mol. The maximum absolute atomic E-state index is 13.8. The number of aliphatic hydroxyl groups excluding tert-OH is 1. The molecular formula is C38H54CaN6O7. The zero-order chi connectivity index (χ0) is 37.8. The molecule has 0 unspecified atom stereocenters. The second-order valence-electron chi connectivity index (χ2n) is 14.5. The van der Waals surface area contributed by atoms with Crippen molar-refractivity contribution in [1.82, 2.24) is 31.4 Å². The molecule has 14 heteroatoms. The smallest absolute Gasteiger partial charge is 1.00 e. The van der Waals surface area contributed by atoms with E-state index in [0.29, 0.717) is 0 Å². The third-order valence-electron chi connectivity index (χ3n) is 8.21. The largest absolute Gasteiger partial charge is 2.00 e. The van der Waals surface area contributed by atoms with E-state index in [1.165, 1.54) is 14.2 Å². The summed E-state index contributed by atoms with van der Waals surface area (Å²) in [6.07, 6.45) is -0.778. The third kappa shape index (κ3) is 14.0. The number of hydrogen-bond acceptors (Lipinski definition) is 9. The summed E-state index contributed by atoms with van der Waals surface area (Å²) in [6.45, 7) is 10.9. The van der Waals surface area contributed by atoms with E-state index in [2.05, 4.69) is 26.4 Å². The number of hydrazine groups is 1. The molecule has 280 valence electrons. The Morgan fingerprint density at radius 3 is 1.79 bits per heavy atom. The fourth-order valence-corrected chi connectivity index (χ4v) is 5.38. The van der Waals surface area contributed by atoms with Gasteiger partial charge in [-0.1, -0.05) is 102 Å². The van der Waals surface area contributed by atoms with E-state index >= 15 is 0 Å². The van der Waals surface area contributed by atoms with Crippen molar-refractivity contribution in [2.75, 3.05) is 20.8 Å². The number of pyridine rings is 1. The van der Waals surface area contributed by atoms with Crippen molar-refractivity contribution in [2.45, 2.75) is 78.7 Å². The van der Waals surface area contributed by atoms with Gasteiger partial charge in [0, 0.05) is 24.8 Å². The molecule has 2 aromatic carbocycles. The zero-order valence-electron chi connectivity index (χ0n) is 33.4. The predicted octanol–water partition coefficient (Wildman–Crippen LogP) is 4.06. The van der Waals surface area contributed by atoms with E-state index < -0.39 is 59.1 Å². The van der Waals surface area contributed by atoms with Gasteiger partial charge in [-0.05, 0) is 40.5 Å². The number of nitrogens with zero attached hydrogens (tertiary/aromatic N) is 2. The average Bonchev–Trinajstić information content (AvgIpc) is 3.08. The molecule has 4 atom stereocenters. The number of aromatic nitrogens is 1. The summed E-state index contributed by atoms with van der Waals surface area (Å²) in [6, 6.07) is 19.8. The fraction of sp³-hybridized carbons (Fsp3) is 0.447. The van der Waals surface area contributed by atoms with Crippen molar-refractivity contribution in [3.8, 4) is 11.3 Å². The van der Waals surface area contributed by atoms with Crippen LogP contribution in [-0.4, -0.2) is 122 Å². The minimum absolute atomic E-state index is 0. The van der Waals surface area contributed by atoms with Crippen molar-refractivity contribution >= 4 is 61.7 Å². The standard InChI is InChI=1S/C38H52N6O7.Ca.2H/c1-37(2,3)31(41-35(48)50-7)33(46)40-29(22-25-14-10-9-11-15-25)30(45)24-44(43-34(47)32(38(4,5)6)42-36(49)51-8)23-26-17-19-27(20-18-26)28-16-12-13-21-39-28;;;/h9-21,29-32,45H,22-24H2,1-8H3,(H,40,46)(H,41,48)(H,42,49)(H,43,47);;;/q;+2;2*-1/t29-,30+,31+,32-;;;/m0.../s1. The van der Waals surface area contributed by atoms with Crippen molar-refractivity contribution in [1.29, 1.82) is 0 Å². The van der Waals surface area contributed by atoms with Gasteiger partial charge < -0.3 is 33.4 Å². The van der Waals surface area contributed by atoms with Crippen LogP contribution in [0.4, 0.5) is 9.59 Å². The summed E-state index contributed by atoms with van der Waals surface area (Å²) >= 11 is 0. The van der Waals surface area contributed by atoms with E-state index in [1.807, 2.05) is 93.6 Å². The summed E-state index contributed by atoms with van der Waals surface area (Å²) in [7, 11) is 2.44. The van der Waals surface area contributed by atoms with Gasteiger partial charge in [0.1, 0.15) is 12.1 Å². The van der Waals surface area contributed by atoms with E-state index in [1.54, 1.807) is 32.0 Å². The number of ether oxygens (including phenoxy) is 2. The maximum atomic E-state index is 13.8. The van der Waals surface area contributed by atoms with Gasteiger partial charge in [0.05, 0.1) is 32.1 Å². The first-order chi connectivity index (χ1) is 24.0. The Morgan fingerprint density at radius 2 is 1.29 bits per heavy atom. The molecule has 0 aliphatic heterocycles. The molecule has 0 saturated heterocycles. The molecule has 0 aliphatic rings. The molecule has 0 fully saturated rings. The molecule has 1 heterocycles. The van der Waals surface area contributed by atoms with E-state index in [0.717, 1.165) is 22.4 Å². The Balaban J connectivity index is 0.00000936. The molecular weight excluding hydrogens is 693 g/mol. The van der Waals surface area contributed by atoms with Crippen LogP contribution < -0.4 is 21.4 Å². The molecule has 4 amide bonds. The van der Waals surface area contributed by atoms with Crippen LogP contribution >= 0.6 is 0 Å². The Bertz CT molecular complexity index is 1590. The van der Waals surface area contributed by atoms with Gasteiger partial charge in [-0.25, -0.2) is 14.6 Å². The Hall–Kier alpha value is -3.75. The number of methoxy groups -OCH3 is 2. The number of benzene rings is 2. The molecule has 5 N–H and O–H groups in total. The van der Waals surface area contributed by atoms with Crippen LogP contribution in [0.25, 0.3) is 11.3 Å². The minimum atomic E-state index is -1.22. The molecule has 0 radical (unpaired) electrons. The van der Waals surface area contributed by atoms with Crippen LogP contribution in [0.2, 0.25) is 0 Å². The third-order valence-corrected chi connectivity index (χ3v) is 8.21.